The Hall–Kier alpha value is -2.25. The number of nitrogens with one attached hydrogen (secondary N) is 2. The van der Waals surface area contributed by atoms with Crippen LogP contribution in [-0.2, 0) is 26.6 Å². The molecule has 148 valence electrons. The van der Waals surface area contributed by atoms with Crippen molar-refractivity contribution in [2.75, 3.05) is 4.72 Å². The molecular formula is C16H15N3O5S4. The van der Waals surface area contributed by atoms with E-state index in [2.05, 4.69) is 10.0 Å². The molecule has 0 saturated carbocycles. The lowest BCUT2D eigenvalue weighted by molar-refractivity contribution is 0.0951. The number of hydrogen-bond donors (Lipinski definition) is 3. The van der Waals surface area contributed by atoms with Gasteiger partial charge in [-0.1, -0.05) is 6.07 Å². The number of carbonyl (C=O) groups excluding carboxylic acids is 1. The molecule has 0 atom stereocenters. The van der Waals surface area contributed by atoms with Crippen LogP contribution in [0.25, 0.3) is 0 Å². The second-order valence-electron chi connectivity index (χ2n) is 5.56. The molecule has 4 N–H and O–H groups in total. The highest BCUT2D eigenvalue weighted by atomic mass is 32.3. The van der Waals surface area contributed by atoms with Gasteiger partial charge in [0.25, 0.3) is 15.9 Å². The predicted molar refractivity (Wildman–Crippen MR) is 108 cm³/mol. The molecule has 0 aliphatic rings. The largest absolute Gasteiger partial charge is 0.347 e. The standard InChI is InChI=1S/C16H15N3O5S4/c17-27(21,22)15-8-7-13(26-15)10-18-16(20)11-3-5-12(6-4-11)19-28(23,24)14-2-1-9-25-14/h1-9,19H,10H2,(H,18,20)(H2,17,21,22). The summed E-state index contributed by atoms with van der Waals surface area (Å²) in [6.07, 6.45) is 0. The number of hydrogen-bond acceptors (Lipinski definition) is 7. The van der Waals surface area contributed by atoms with E-state index in [1.54, 1.807) is 17.5 Å². The molecule has 3 aromatic rings. The molecule has 0 aliphatic heterocycles. The van der Waals surface area contributed by atoms with Gasteiger partial charge in [-0.2, -0.15) is 0 Å². The van der Waals surface area contributed by atoms with Crippen LogP contribution in [0.4, 0.5) is 5.69 Å². The molecule has 1 amide bonds. The van der Waals surface area contributed by atoms with Crippen LogP contribution in [0.5, 0.6) is 0 Å². The van der Waals surface area contributed by atoms with Crippen LogP contribution < -0.4 is 15.2 Å². The predicted octanol–water partition coefficient (Wildman–Crippen LogP) is 2.19. The summed E-state index contributed by atoms with van der Waals surface area (Å²) in [5, 5.41) is 9.39. The fourth-order valence-corrected chi connectivity index (χ4v) is 5.96. The van der Waals surface area contributed by atoms with Crippen molar-refractivity contribution in [3.8, 4) is 0 Å². The van der Waals surface area contributed by atoms with Gasteiger partial charge in [0.1, 0.15) is 8.42 Å². The Bertz CT molecular complexity index is 1180. The van der Waals surface area contributed by atoms with Gasteiger partial charge in [-0.3, -0.25) is 9.52 Å². The van der Waals surface area contributed by atoms with Crippen molar-refractivity contribution in [3.05, 3.63) is 64.4 Å². The number of carbonyl (C=O) groups is 1. The molecule has 12 heteroatoms. The van der Waals surface area contributed by atoms with Crippen LogP contribution in [0, 0.1) is 0 Å². The minimum absolute atomic E-state index is 0.0270. The number of anilines is 1. The number of amides is 1. The first-order valence-corrected chi connectivity index (χ1v) is 12.4. The molecule has 0 aliphatic carbocycles. The monoisotopic (exact) mass is 457 g/mol. The first kappa shape index (κ1) is 20.5. The van der Waals surface area contributed by atoms with E-state index in [1.165, 1.54) is 36.4 Å². The molecule has 0 spiro atoms. The molecule has 8 nitrogen and oxygen atoms in total. The van der Waals surface area contributed by atoms with Crippen molar-refractivity contribution in [3.63, 3.8) is 0 Å². The molecular weight excluding hydrogens is 442 g/mol. The van der Waals surface area contributed by atoms with Gasteiger partial charge < -0.3 is 5.32 Å². The van der Waals surface area contributed by atoms with E-state index < -0.39 is 20.0 Å². The number of nitrogens with two attached hydrogens (primary N) is 1. The molecule has 2 aromatic heterocycles. The van der Waals surface area contributed by atoms with Gasteiger partial charge in [-0.25, -0.2) is 22.0 Å². The summed E-state index contributed by atoms with van der Waals surface area (Å²) < 4.78 is 49.6. The third-order valence-corrected chi connectivity index (χ3v) is 8.80. The molecule has 0 fully saturated rings. The molecule has 0 radical (unpaired) electrons. The van der Waals surface area contributed by atoms with Gasteiger partial charge >= 0.3 is 0 Å². The molecule has 2 heterocycles. The Morgan fingerprint density at radius 2 is 1.68 bits per heavy atom. The molecule has 3 rings (SSSR count). The fourth-order valence-electron chi connectivity index (χ4n) is 2.19. The Morgan fingerprint density at radius 1 is 0.964 bits per heavy atom. The van der Waals surface area contributed by atoms with E-state index in [9.17, 15) is 21.6 Å². The summed E-state index contributed by atoms with van der Waals surface area (Å²) in [6, 6.07) is 12.1. The van der Waals surface area contributed by atoms with E-state index in [0.717, 1.165) is 22.7 Å². The second-order valence-corrected chi connectivity index (χ2v) is 11.4. The SMILES string of the molecule is NS(=O)(=O)c1ccc(CNC(=O)c2ccc(NS(=O)(=O)c3cccs3)cc2)s1. The van der Waals surface area contributed by atoms with E-state index in [0.29, 0.717) is 16.1 Å². The van der Waals surface area contributed by atoms with Crippen molar-refractivity contribution in [1.82, 2.24) is 5.32 Å². The van der Waals surface area contributed by atoms with Crippen molar-refractivity contribution < 1.29 is 21.6 Å². The van der Waals surface area contributed by atoms with Gasteiger partial charge in [0.2, 0.25) is 10.0 Å². The maximum atomic E-state index is 12.2. The van der Waals surface area contributed by atoms with Crippen molar-refractivity contribution in [2.24, 2.45) is 5.14 Å². The van der Waals surface area contributed by atoms with E-state index in [4.69, 9.17) is 5.14 Å². The molecule has 0 unspecified atom stereocenters. The minimum atomic E-state index is -3.76. The summed E-state index contributed by atoms with van der Waals surface area (Å²) in [4.78, 5) is 12.9. The first-order chi connectivity index (χ1) is 13.1. The van der Waals surface area contributed by atoms with E-state index >= 15 is 0 Å². The van der Waals surface area contributed by atoms with Crippen LogP contribution >= 0.6 is 22.7 Å². The molecule has 28 heavy (non-hydrogen) atoms. The number of primary sulfonamides is 1. The number of sulfonamides is 2. The highest BCUT2D eigenvalue weighted by Gasteiger charge is 2.16. The highest BCUT2D eigenvalue weighted by molar-refractivity contribution is 7.94. The average Bonchev–Trinajstić information content (AvgIpc) is 3.31. The Kier molecular flexibility index (Phi) is 5.86. The van der Waals surface area contributed by atoms with Crippen molar-refractivity contribution >= 4 is 54.3 Å². The van der Waals surface area contributed by atoms with Gasteiger partial charge in [-0.15, -0.1) is 22.7 Å². The third-order valence-electron chi connectivity index (χ3n) is 3.50. The second kappa shape index (κ2) is 8.01. The van der Waals surface area contributed by atoms with Crippen molar-refractivity contribution in [1.29, 1.82) is 0 Å². The lowest BCUT2D eigenvalue weighted by atomic mass is 10.2. The van der Waals surface area contributed by atoms with Crippen LogP contribution in [0.3, 0.4) is 0 Å². The van der Waals surface area contributed by atoms with Gasteiger partial charge in [0.15, 0.2) is 0 Å². The third kappa shape index (κ3) is 4.97. The summed E-state index contributed by atoms with van der Waals surface area (Å²) in [5.74, 6) is -0.377. The van der Waals surface area contributed by atoms with Crippen LogP contribution in [0.2, 0.25) is 0 Å². The summed E-state index contributed by atoms with van der Waals surface area (Å²) in [5.41, 5.74) is 0.670. The van der Waals surface area contributed by atoms with Crippen LogP contribution in [0.1, 0.15) is 15.2 Å². The van der Waals surface area contributed by atoms with Gasteiger partial charge in [-0.05, 0) is 47.8 Å². The maximum absolute atomic E-state index is 12.2. The van der Waals surface area contributed by atoms with Gasteiger partial charge in [0.05, 0.1) is 6.54 Å². The zero-order chi connectivity index (χ0) is 20.4. The first-order valence-electron chi connectivity index (χ1n) is 7.71. The lowest BCUT2D eigenvalue weighted by Crippen LogP contribution is -2.22. The quantitative estimate of drug-likeness (QED) is 0.500. The summed E-state index contributed by atoms with van der Waals surface area (Å²) in [6.45, 7) is 0.145. The van der Waals surface area contributed by atoms with Crippen LogP contribution in [-0.4, -0.2) is 22.7 Å². The highest BCUT2D eigenvalue weighted by Crippen LogP contribution is 2.21. The normalized spacial score (nSPS) is 11.9. The fraction of sp³-hybridized carbons (Fsp3) is 0.0625. The summed E-state index contributed by atoms with van der Waals surface area (Å²) >= 11 is 2.09. The van der Waals surface area contributed by atoms with Crippen LogP contribution in [0.15, 0.2) is 62.3 Å². The smallest absolute Gasteiger partial charge is 0.271 e. The zero-order valence-corrected chi connectivity index (χ0v) is 17.4. The Labute approximate surface area is 170 Å². The van der Waals surface area contributed by atoms with Gasteiger partial charge in [0, 0.05) is 16.1 Å². The maximum Gasteiger partial charge on any atom is 0.271 e. The van der Waals surface area contributed by atoms with E-state index in [1.807, 2.05) is 0 Å². The summed E-state index contributed by atoms with van der Waals surface area (Å²) in [7, 11) is -7.41. The van der Waals surface area contributed by atoms with E-state index in [-0.39, 0.29) is 20.9 Å². The molecule has 0 bridgehead atoms. The topological polar surface area (TPSA) is 135 Å². The number of thiophene rings is 2. The zero-order valence-electron chi connectivity index (χ0n) is 14.2. The Morgan fingerprint density at radius 3 is 2.25 bits per heavy atom. The minimum Gasteiger partial charge on any atom is -0.347 e. The average molecular weight is 458 g/mol. The Balaban J connectivity index is 1.61. The molecule has 0 saturated heterocycles. The lowest BCUT2D eigenvalue weighted by Gasteiger charge is -2.08. The number of rotatable bonds is 7. The molecule has 1 aromatic carbocycles. The van der Waals surface area contributed by atoms with Crippen molar-refractivity contribution in [2.45, 2.75) is 15.0 Å². The number of benzene rings is 1.